The molecule has 0 radical (unpaired) electrons. The minimum absolute atomic E-state index is 0.259. The Bertz CT molecular complexity index is 749. The topological polar surface area (TPSA) is 49.0 Å². The van der Waals surface area contributed by atoms with Gasteiger partial charge in [-0.3, -0.25) is 9.89 Å². The van der Waals surface area contributed by atoms with Crippen LogP contribution in [-0.4, -0.2) is 34.1 Å². The van der Waals surface area contributed by atoms with Crippen molar-refractivity contribution in [1.29, 1.82) is 0 Å². The highest BCUT2D eigenvalue weighted by atomic mass is 16.2. The normalized spacial score (nSPS) is 20.2. The van der Waals surface area contributed by atoms with Gasteiger partial charge >= 0.3 is 0 Å². The van der Waals surface area contributed by atoms with Crippen molar-refractivity contribution in [2.75, 3.05) is 13.1 Å². The summed E-state index contributed by atoms with van der Waals surface area (Å²) in [6, 6.07) is 6.61. The molecule has 2 aliphatic rings. The third-order valence-corrected chi connectivity index (χ3v) is 5.57. The second kappa shape index (κ2) is 6.42. The van der Waals surface area contributed by atoms with E-state index in [1.165, 1.54) is 47.2 Å². The molecule has 0 spiro atoms. The number of amides is 1. The van der Waals surface area contributed by atoms with E-state index in [4.69, 9.17) is 0 Å². The molecule has 2 heterocycles. The van der Waals surface area contributed by atoms with Gasteiger partial charge in [-0.25, -0.2) is 0 Å². The Morgan fingerprint density at radius 3 is 3.00 bits per heavy atom. The zero-order valence-electron chi connectivity index (χ0n) is 14.3. The highest BCUT2D eigenvalue weighted by Crippen LogP contribution is 2.28. The standard InChI is InChI=1S/C20H25N3O/c1-14-12-21-22-20(14)18-6-3-9-23(13-18)19(24)11-15-7-8-16-4-2-5-17(16)10-15/h7-8,10,12,18H,2-6,9,11,13H2,1H3,(H,21,22)/t18-/m1/s1. The summed E-state index contributed by atoms with van der Waals surface area (Å²) in [6.45, 7) is 3.78. The van der Waals surface area contributed by atoms with Crippen LogP contribution in [0.4, 0.5) is 0 Å². The van der Waals surface area contributed by atoms with Crippen molar-refractivity contribution >= 4 is 5.91 Å². The molecular weight excluding hydrogens is 298 g/mol. The number of carbonyl (C=O) groups is 1. The van der Waals surface area contributed by atoms with Gasteiger partial charge in [0.05, 0.1) is 12.6 Å². The number of H-pyrrole nitrogens is 1. The maximum Gasteiger partial charge on any atom is 0.227 e. The molecule has 1 N–H and O–H groups in total. The smallest absolute Gasteiger partial charge is 0.227 e. The Morgan fingerprint density at radius 2 is 2.17 bits per heavy atom. The van der Waals surface area contributed by atoms with Crippen LogP contribution >= 0.6 is 0 Å². The van der Waals surface area contributed by atoms with Crippen molar-refractivity contribution in [2.45, 2.75) is 51.4 Å². The van der Waals surface area contributed by atoms with Gasteiger partial charge in [0.15, 0.2) is 0 Å². The summed E-state index contributed by atoms with van der Waals surface area (Å²) in [4.78, 5) is 14.8. The van der Waals surface area contributed by atoms with Crippen LogP contribution in [0.2, 0.25) is 0 Å². The summed E-state index contributed by atoms with van der Waals surface area (Å²) < 4.78 is 0. The fourth-order valence-corrected chi connectivity index (χ4v) is 4.23. The Labute approximate surface area is 143 Å². The Morgan fingerprint density at radius 1 is 1.29 bits per heavy atom. The number of nitrogens with one attached hydrogen (secondary N) is 1. The first-order chi connectivity index (χ1) is 11.7. The molecule has 1 amide bonds. The lowest BCUT2D eigenvalue weighted by molar-refractivity contribution is -0.131. The molecule has 0 unspecified atom stereocenters. The molecule has 0 bridgehead atoms. The predicted octanol–water partition coefficient (Wildman–Crippen LogP) is 3.16. The van der Waals surface area contributed by atoms with Crippen molar-refractivity contribution in [3.63, 3.8) is 0 Å². The van der Waals surface area contributed by atoms with E-state index in [9.17, 15) is 4.79 Å². The highest BCUT2D eigenvalue weighted by Gasteiger charge is 2.26. The molecule has 0 saturated carbocycles. The Hall–Kier alpha value is -2.10. The van der Waals surface area contributed by atoms with Gasteiger partial charge < -0.3 is 4.90 Å². The number of hydrogen-bond acceptors (Lipinski definition) is 2. The van der Waals surface area contributed by atoms with E-state index in [2.05, 4.69) is 35.3 Å². The molecule has 1 saturated heterocycles. The van der Waals surface area contributed by atoms with Crippen molar-refractivity contribution in [3.05, 3.63) is 52.3 Å². The van der Waals surface area contributed by atoms with Crippen molar-refractivity contribution < 1.29 is 4.79 Å². The lowest BCUT2D eigenvalue weighted by Gasteiger charge is -2.32. The zero-order valence-corrected chi connectivity index (χ0v) is 14.3. The van der Waals surface area contributed by atoms with Gasteiger partial charge in [0.25, 0.3) is 0 Å². The zero-order chi connectivity index (χ0) is 16.5. The van der Waals surface area contributed by atoms with Crippen LogP contribution in [0.15, 0.2) is 24.4 Å². The fourth-order valence-electron chi connectivity index (χ4n) is 4.23. The number of piperidine rings is 1. The summed E-state index contributed by atoms with van der Waals surface area (Å²) in [6.07, 6.45) is 8.22. The van der Waals surface area contributed by atoms with Crippen LogP contribution in [-0.2, 0) is 24.1 Å². The molecule has 2 aromatic rings. The Kier molecular flexibility index (Phi) is 4.13. The molecule has 4 nitrogen and oxygen atoms in total. The van der Waals surface area contributed by atoms with E-state index in [0.717, 1.165) is 25.9 Å². The van der Waals surface area contributed by atoms with Crippen molar-refractivity contribution in [2.24, 2.45) is 0 Å². The van der Waals surface area contributed by atoms with Crippen LogP contribution in [0, 0.1) is 6.92 Å². The molecule has 126 valence electrons. The summed E-state index contributed by atoms with van der Waals surface area (Å²) in [5.74, 6) is 0.653. The third-order valence-electron chi connectivity index (χ3n) is 5.57. The summed E-state index contributed by atoms with van der Waals surface area (Å²) in [7, 11) is 0. The average molecular weight is 323 g/mol. The van der Waals surface area contributed by atoms with Crippen LogP contribution in [0.3, 0.4) is 0 Å². The van der Waals surface area contributed by atoms with Gasteiger partial charge in [-0.2, -0.15) is 5.10 Å². The fraction of sp³-hybridized carbons (Fsp3) is 0.500. The van der Waals surface area contributed by atoms with Crippen LogP contribution in [0.5, 0.6) is 0 Å². The molecule has 1 fully saturated rings. The van der Waals surface area contributed by atoms with Gasteiger partial charge in [-0.05, 0) is 61.3 Å². The number of nitrogens with zero attached hydrogens (tertiary/aromatic N) is 2. The molecule has 24 heavy (non-hydrogen) atoms. The highest BCUT2D eigenvalue weighted by molar-refractivity contribution is 5.79. The quantitative estimate of drug-likeness (QED) is 0.943. The SMILES string of the molecule is Cc1cn[nH]c1[C@@H]1CCCN(C(=O)Cc2ccc3c(c2)CCC3)C1. The number of carbonyl (C=O) groups excluding carboxylic acids is 1. The first-order valence-corrected chi connectivity index (χ1v) is 9.09. The van der Waals surface area contributed by atoms with Crippen LogP contribution < -0.4 is 0 Å². The van der Waals surface area contributed by atoms with Crippen molar-refractivity contribution in [3.8, 4) is 0 Å². The number of aromatic amines is 1. The maximum atomic E-state index is 12.8. The number of benzene rings is 1. The number of aryl methyl sites for hydroxylation is 3. The van der Waals surface area contributed by atoms with Crippen LogP contribution in [0.1, 0.15) is 53.1 Å². The summed E-state index contributed by atoms with van der Waals surface area (Å²) >= 11 is 0. The number of likely N-dealkylation sites (tertiary alicyclic amines) is 1. The molecule has 1 aliphatic carbocycles. The van der Waals surface area contributed by atoms with E-state index in [-0.39, 0.29) is 5.91 Å². The second-order valence-electron chi connectivity index (χ2n) is 7.28. The predicted molar refractivity (Wildman–Crippen MR) is 94.1 cm³/mol. The molecule has 1 aromatic heterocycles. The van der Waals surface area contributed by atoms with Crippen molar-refractivity contribution in [1.82, 2.24) is 15.1 Å². The van der Waals surface area contributed by atoms with E-state index < -0.39 is 0 Å². The van der Waals surface area contributed by atoms with E-state index in [1.54, 1.807) is 0 Å². The van der Waals surface area contributed by atoms with Gasteiger partial charge in [-0.1, -0.05) is 18.2 Å². The molecule has 1 aromatic carbocycles. The minimum Gasteiger partial charge on any atom is -0.342 e. The number of fused-ring (bicyclic) bond motifs is 1. The van der Waals surface area contributed by atoms with Gasteiger partial charge in [0.1, 0.15) is 0 Å². The van der Waals surface area contributed by atoms with E-state index in [0.29, 0.717) is 12.3 Å². The van der Waals surface area contributed by atoms with E-state index in [1.807, 2.05) is 11.1 Å². The molecule has 1 aliphatic heterocycles. The van der Waals surface area contributed by atoms with Crippen LogP contribution in [0.25, 0.3) is 0 Å². The monoisotopic (exact) mass is 323 g/mol. The van der Waals surface area contributed by atoms with Gasteiger partial charge in [0, 0.05) is 24.7 Å². The maximum absolute atomic E-state index is 12.8. The number of hydrogen-bond donors (Lipinski definition) is 1. The van der Waals surface area contributed by atoms with Gasteiger partial charge in [-0.15, -0.1) is 0 Å². The first kappa shape index (κ1) is 15.4. The van der Waals surface area contributed by atoms with E-state index >= 15 is 0 Å². The molecule has 4 rings (SSSR count). The number of rotatable bonds is 3. The largest absolute Gasteiger partial charge is 0.342 e. The second-order valence-corrected chi connectivity index (χ2v) is 7.28. The third kappa shape index (κ3) is 2.97. The van der Waals surface area contributed by atoms with Gasteiger partial charge in [0.2, 0.25) is 5.91 Å². The molecule has 1 atom stereocenters. The molecule has 4 heteroatoms. The lowest BCUT2D eigenvalue weighted by Crippen LogP contribution is -2.40. The average Bonchev–Trinajstić information content (AvgIpc) is 3.23. The summed E-state index contributed by atoms with van der Waals surface area (Å²) in [5, 5.41) is 7.26. The minimum atomic E-state index is 0.259. The first-order valence-electron chi connectivity index (χ1n) is 9.09. The summed E-state index contributed by atoms with van der Waals surface area (Å²) in [5.41, 5.74) is 6.49. The lowest BCUT2D eigenvalue weighted by atomic mass is 9.92. The Balaban J connectivity index is 1.43. The number of aromatic nitrogens is 2. The molecular formula is C20H25N3O.